The normalized spacial score (nSPS) is 14.6. The SMILES string of the molecule is CS(=O)(=O)N(CCCC(=O)N(Cc1cccc(Br)c1)C(Cc1ccccc1)C(=O)NC1CCCC1)c1cccc(C(F)(F)F)c1. The average molecular weight is 709 g/mol. The minimum atomic E-state index is -4.64. The second-order valence-electron chi connectivity index (χ2n) is 11.3. The van der Waals surface area contributed by atoms with E-state index in [1.807, 2.05) is 54.6 Å². The summed E-state index contributed by atoms with van der Waals surface area (Å²) in [7, 11) is -3.96. The van der Waals surface area contributed by atoms with Gasteiger partial charge in [-0.15, -0.1) is 0 Å². The van der Waals surface area contributed by atoms with Crippen molar-refractivity contribution in [2.75, 3.05) is 17.1 Å². The summed E-state index contributed by atoms with van der Waals surface area (Å²) in [6.45, 7) is -0.0779. The number of amides is 2. The van der Waals surface area contributed by atoms with Gasteiger partial charge in [0, 0.05) is 36.4 Å². The van der Waals surface area contributed by atoms with E-state index in [1.165, 1.54) is 11.0 Å². The van der Waals surface area contributed by atoms with Crippen molar-refractivity contribution >= 4 is 43.5 Å². The summed E-state index contributed by atoms with van der Waals surface area (Å²) in [5.41, 5.74) is 0.570. The van der Waals surface area contributed by atoms with Crippen LogP contribution < -0.4 is 9.62 Å². The number of benzene rings is 3. The van der Waals surface area contributed by atoms with Crippen LogP contribution in [0.15, 0.2) is 83.3 Å². The first-order valence-corrected chi connectivity index (χ1v) is 17.5. The van der Waals surface area contributed by atoms with Gasteiger partial charge in [-0.25, -0.2) is 8.42 Å². The Balaban J connectivity index is 1.59. The van der Waals surface area contributed by atoms with Gasteiger partial charge in [0.15, 0.2) is 0 Å². The Morgan fingerprint density at radius 3 is 2.27 bits per heavy atom. The largest absolute Gasteiger partial charge is 0.416 e. The lowest BCUT2D eigenvalue weighted by Gasteiger charge is -2.33. The number of alkyl halides is 3. The van der Waals surface area contributed by atoms with Crippen molar-refractivity contribution in [1.82, 2.24) is 10.2 Å². The second-order valence-corrected chi connectivity index (χ2v) is 14.2. The zero-order valence-electron chi connectivity index (χ0n) is 25.0. The fourth-order valence-corrected chi connectivity index (χ4v) is 7.00. The standard InChI is InChI=1S/C33H37BrF3N3O4S/c1-45(43,44)40(29-17-8-13-26(22-29)33(35,36)37)19-9-18-31(41)39(23-25-12-7-14-27(34)20-25)30(21-24-10-3-2-4-11-24)32(42)38-28-15-5-6-16-28/h2-4,7-8,10-14,17,20,22,28,30H,5-6,9,15-16,18-19,21,23H2,1H3,(H,38,42). The molecular formula is C33H37BrF3N3O4S. The molecule has 0 saturated heterocycles. The number of rotatable bonds is 13. The average Bonchev–Trinajstić information content (AvgIpc) is 3.49. The number of hydrogen-bond acceptors (Lipinski definition) is 4. The maximum atomic E-state index is 14.0. The highest BCUT2D eigenvalue weighted by molar-refractivity contribution is 9.10. The highest BCUT2D eigenvalue weighted by Crippen LogP contribution is 2.32. The van der Waals surface area contributed by atoms with Gasteiger partial charge in [-0.3, -0.25) is 13.9 Å². The van der Waals surface area contributed by atoms with E-state index in [-0.39, 0.29) is 55.9 Å². The molecule has 1 aliphatic carbocycles. The summed E-state index contributed by atoms with van der Waals surface area (Å²) in [5, 5.41) is 3.14. The number of nitrogens with one attached hydrogen (secondary N) is 1. The van der Waals surface area contributed by atoms with E-state index < -0.39 is 27.8 Å². The molecule has 1 saturated carbocycles. The van der Waals surface area contributed by atoms with Gasteiger partial charge in [0.05, 0.1) is 17.5 Å². The van der Waals surface area contributed by atoms with Gasteiger partial charge >= 0.3 is 6.18 Å². The lowest BCUT2D eigenvalue weighted by Crippen LogP contribution is -2.52. The third kappa shape index (κ3) is 10.1. The summed E-state index contributed by atoms with van der Waals surface area (Å²) < 4.78 is 67.0. The number of nitrogens with zero attached hydrogens (tertiary/aromatic N) is 2. The molecular weight excluding hydrogens is 671 g/mol. The lowest BCUT2D eigenvalue weighted by molar-refractivity contribution is -0.141. The Kier molecular flexibility index (Phi) is 11.7. The Bertz CT molecular complexity index is 1560. The minimum Gasteiger partial charge on any atom is -0.352 e. The van der Waals surface area contributed by atoms with Gasteiger partial charge in [0.2, 0.25) is 21.8 Å². The molecule has 2 amide bonds. The second kappa shape index (κ2) is 15.3. The van der Waals surface area contributed by atoms with Crippen LogP contribution in [0.25, 0.3) is 0 Å². The maximum Gasteiger partial charge on any atom is 0.416 e. The van der Waals surface area contributed by atoms with Crippen molar-refractivity contribution in [3.8, 4) is 0 Å². The zero-order chi connectivity index (χ0) is 32.6. The van der Waals surface area contributed by atoms with Crippen molar-refractivity contribution < 1.29 is 31.2 Å². The Labute approximate surface area is 271 Å². The number of carbonyl (C=O) groups excluding carboxylic acids is 2. The Morgan fingerprint density at radius 2 is 1.62 bits per heavy atom. The molecule has 0 aliphatic heterocycles. The Morgan fingerprint density at radius 1 is 0.956 bits per heavy atom. The first-order valence-electron chi connectivity index (χ1n) is 14.8. The van der Waals surface area contributed by atoms with E-state index in [1.54, 1.807) is 0 Å². The van der Waals surface area contributed by atoms with Crippen LogP contribution in [0.4, 0.5) is 18.9 Å². The molecule has 0 radical (unpaired) electrons. The first-order chi connectivity index (χ1) is 21.3. The number of anilines is 1. The maximum absolute atomic E-state index is 14.0. The molecule has 12 heteroatoms. The van der Waals surface area contributed by atoms with Crippen LogP contribution in [-0.4, -0.2) is 50.0 Å². The predicted molar refractivity (Wildman–Crippen MR) is 172 cm³/mol. The van der Waals surface area contributed by atoms with Crippen molar-refractivity contribution in [1.29, 1.82) is 0 Å². The third-order valence-electron chi connectivity index (χ3n) is 7.83. The molecule has 242 valence electrons. The molecule has 45 heavy (non-hydrogen) atoms. The van der Waals surface area contributed by atoms with Gasteiger partial charge in [-0.2, -0.15) is 13.2 Å². The van der Waals surface area contributed by atoms with E-state index in [0.29, 0.717) is 0 Å². The van der Waals surface area contributed by atoms with Gasteiger partial charge in [0.25, 0.3) is 0 Å². The molecule has 7 nitrogen and oxygen atoms in total. The van der Waals surface area contributed by atoms with Gasteiger partial charge in [-0.05, 0) is 60.7 Å². The summed E-state index contributed by atoms with van der Waals surface area (Å²) in [6, 6.07) is 20.1. The summed E-state index contributed by atoms with van der Waals surface area (Å²) in [5.74, 6) is -0.620. The predicted octanol–water partition coefficient (Wildman–Crippen LogP) is 6.71. The fraction of sp³-hybridized carbons (Fsp3) is 0.394. The van der Waals surface area contributed by atoms with Crippen LogP contribution in [0.3, 0.4) is 0 Å². The molecule has 3 aromatic carbocycles. The topological polar surface area (TPSA) is 86.8 Å². The number of hydrogen-bond donors (Lipinski definition) is 1. The van der Waals surface area contributed by atoms with E-state index in [4.69, 9.17) is 0 Å². The van der Waals surface area contributed by atoms with Crippen LogP contribution in [-0.2, 0) is 38.8 Å². The summed E-state index contributed by atoms with van der Waals surface area (Å²) in [6.07, 6.45) is 0.252. The molecule has 4 rings (SSSR count). The number of sulfonamides is 1. The molecule has 1 aliphatic rings. The van der Waals surface area contributed by atoms with Gasteiger partial charge in [-0.1, -0.05) is 77.3 Å². The molecule has 0 spiro atoms. The van der Waals surface area contributed by atoms with E-state index in [0.717, 1.165) is 70.0 Å². The molecule has 1 N–H and O–H groups in total. The smallest absolute Gasteiger partial charge is 0.352 e. The quantitative estimate of drug-likeness (QED) is 0.214. The van der Waals surface area contributed by atoms with Crippen molar-refractivity contribution in [3.63, 3.8) is 0 Å². The zero-order valence-corrected chi connectivity index (χ0v) is 27.4. The fourth-order valence-electron chi connectivity index (χ4n) is 5.59. The summed E-state index contributed by atoms with van der Waals surface area (Å²) in [4.78, 5) is 29.3. The van der Waals surface area contributed by atoms with Crippen LogP contribution in [0.2, 0.25) is 0 Å². The molecule has 0 heterocycles. The first kappa shape index (κ1) is 34.5. The lowest BCUT2D eigenvalue weighted by atomic mass is 10.0. The highest BCUT2D eigenvalue weighted by atomic mass is 79.9. The van der Waals surface area contributed by atoms with Gasteiger partial charge < -0.3 is 10.2 Å². The van der Waals surface area contributed by atoms with Crippen molar-refractivity contribution in [2.24, 2.45) is 0 Å². The molecule has 3 aromatic rings. The summed E-state index contributed by atoms with van der Waals surface area (Å²) >= 11 is 3.47. The number of halogens is 4. The number of carbonyl (C=O) groups is 2. The molecule has 0 bridgehead atoms. The van der Waals surface area contributed by atoms with E-state index >= 15 is 0 Å². The van der Waals surface area contributed by atoms with Crippen molar-refractivity contribution in [2.45, 2.75) is 69.8 Å². The van der Waals surface area contributed by atoms with Crippen molar-refractivity contribution in [3.05, 3.63) is 100 Å². The highest BCUT2D eigenvalue weighted by Gasteiger charge is 2.33. The van der Waals surface area contributed by atoms with Crippen LogP contribution in [0, 0.1) is 0 Å². The Hall–Kier alpha value is -3.38. The molecule has 1 unspecified atom stereocenters. The minimum absolute atomic E-state index is 0.0272. The third-order valence-corrected chi connectivity index (χ3v) is 9.52. The van der Waals surface area contributed by atoms with Crippen LogP contribution in [0.1, 0.15) is 55.2 Å². The van der Waals surface area contributed by atoms with E-state index in [9.17, 15) is 31.2 Å². The molecule has 1 fully saturated rings. The molecule has 0 aromatic heterocycles. The molecule has 1 atom stereocenters. The van der Waals surface area contributed by atoms with E-state index in [2.05, 4.69) is 21.2 Å². The van der Waals surface area contributed by atoms with Gasteiger partial charge in [0.1, 0.15) is 6.04 Å². The van der Waals surface area contributed by atoms with Crippen LogP contribution >= 0.6 is 15.9 Å². The van der Waals surface area contributed by atoms with Crippen LogP contribution in [0.5, 0.6) is 0 Å². The monoisotopic (exact) mass is 707 g/mol.